The van der Waals surface area contributed by atoms with Crippen molar-refractivity contribution >= 4 is 37.6 Å². The highest BCUT2D eigenvalue weighted by molar-refractivity contribution is 7.91. The largest absolute Gasteiger partial charge is 0.612 e. The number of hydrogen-bond donors (Lipinski definition) is 0. The molecular weight excluding hydrogens is 770 g/mol. The van der Waals surface area contributed by atoms with E-state index in [4.69, 9.17) is 4.74 Å². The summed E-state index contributed by atoms with van der Waals surface area (Å²) in [6, 6.07) is 10.5. The molecule has 0 aliphatic carbocycles. The van der Waals surface area contributed by atoms with E-state index >= 15 is 4.39 Å². The molecule has 322 valence electrons. The Kier molecular flexibility index (Phi) is 17.4. The van der Waals surface area contributed by atoms with E-state index in [1.54, 1.807) is 12.3 Å². The Bertz CT molecular complexity index is 1820. The summed E-state index contributed by atoms with van der Waals surface area (Å²) in [4.78, 5) is 15.2. The number of anilines is 1. The number of likely N-dealkylation sites (N-methyl/N-ethyl adjacent to an activating group) is 1. The van der Waals surface area contributed by atoms with Crippen LogP contribution in [0.2, 0.25) is 0 Å². The van der Waals surface area contributed by atoms with Crippen LogP contribution in [0.25, 0.3) is 10.9 Å². The first-order valence-electron chi connectivity index (χ1n) is 22.6. The Morgan fingerprint density at radius 3 is 1.93 bits per heavy atom. The highest BCUT2D eigenvalue weighted by atomic mass is 32.2. The average Bonchev–Trinajstić information content (AvgIpc) is 3.25. The third kappa shape index (κ3) is 11.9. The van der Waals surface area contributed by atoms with Gasteiger partial charge in [0.15, 0.2) is 16.5 Å². The Balaban J connectivity index is 1.07. The Morgan fingerprint density at radius 2 is 1.34 bits per heavy atom. The van der Waals surface area contributed by atoms with Gasteiger partial charge in [-0.3, -0.25) is 9.88 Å². The molecule has 3 fully saturated rings. The number of halogens is 1. The van der Waals surface area contributed by atoms with Gasteiger partial charge >= 0.3 is 0 Å². The predicted octanol–water partition coefficient (Wildman–Crippen LogP) is 9.09. The van der Waals surface area contributed by atoms with E-state index in [1.165, 1.54) is 115 Å². The lowest BCUT2D eigenvalue weighted by Crippen LogP contribution is -2.55. The zero-order valence-corrected chi connectivity index (χ0v) is 37.3. The van der Waals surface area contributed by atoms with Crippen molar-refractivity contribution < 1.29 is 22.1 Å². The molecule has 0 radical (unpaired) electrons. The number of rotatable bonds is 21. The maximum Gasteiger partial charge on any atom is 0.210 e. The number of piperazine rings is 1. The molecule has 58 heavy (non-hydrogen) atoms. The second kappa shape index (κ2) is 22.4. The van der Waals surface area contributed by atoms with Gasteiger partial charge in [0, 0.05) is 69.0 Å². The number of piperidine rings is 2. The van der Waals surface area contributed by atoms with E-state index in [2.05, 4.69) is 38.4 Å². The van der Waals surface area contributed by atoms with E-state index in [9.17, 15) is 13.0 Å². The molecule has 1 atom stereocenters. The summed E-state index contributed by atoms with van der Waals surface area (Å²) in [7, 11) is -4.18. The quantitative estimate of drug-likeness (QED) is 0.0770. The minimum absolute atomic E-state index is 0.0473. The predicted molar refractivity (Wildman–Crippen MR) is 236 cm³/mol. The Labute approximate surface area is 352 Å². The van der Waals surface area contributed by atoms with Gasteiger partial charge in [-0.05, 0) is 93.2 Å². The zero-order chi connectivity index (χ0) is 40.9. The normalized spacial score (nSPS) is 18.9. The van der Waals surface area contributed by atoms with E-state index < -0.39 is 26.8 Å². The number of pyridine rings is 1. The van der Waals surface area contributed by atoms with Gasteiger partial charge in [0.1, 0.15) is 11.2 Å². The first-order chi connectivity index (χ1) is 28.2. The first kappa shape index (κ1) is 45.1. The van der Waals surface area contributed by atoms with Crippen molar-refractivity contribution in [1.82, 2.24) is 19.7 Å². The van der Waals surface area contributed by atoms with Crippen molar-refractivity contribution in [2.24, 2.45) is 0 Å². The molecule has 3 aromatic rings. The van der Waals surface area contributed by atoms with Crippen LogP contribution in [0.1, 0.15) is 117 Å². The summed E-state index contributed by atoms with van der Waals surface area (Å²) >= 11 is -1.27. The van der Waals surface area contributed by atoms with Crippen LogP contribution < -0.4 is 9.64 Å². The molecule has 9 nitrogen and oxygen atoms in total. The van der Waals surface area contributed by atoms with E-state index in [0.717, 1.165) is 57.8 Å². The molecule has 4 heterocycles. The number of benzene rings is 2. The molecular formula is C46H70FN5O4S2. The first-order valence-corrected chi connectivity index (χ1v) is 25.6. The standard InChI is InChI=1S/C46H70FN5O4S2/c1-4-6-7-8-9-10-11-12-13-14-15-16-33-56-44-20-18-40(35-42(44)47)58(54,55)45-36-48-43-19-17-39(57(3)53)34-41(43)46(45)52-27-23-37(24-28-52)50-25-21-38(22-26-50)51-31-29-49(5-2)30-32-51/h17-20,34-38H,4-16,21-33H2,1-3H3/t57-/m1/s1. The number of aromatic nitrogens is 1. The molecule has 0 saturated carbocycles. The summed E-state index contributed by atoms with van der Waals surface area (Å²) in [5.41, 5.74) is 1.20. The van der Waals surface area contributed by atoms with Crippen molar-refractivity contribution in [3.63, 3.8) is 0 Å². The number of likely N-dealkylation sites (tertiary alicyclic amines) is 1. The van der Waals surface area contributed by atoms with Crippen LogP contribution in [0.4, 0.5) is 10.1 Å². The second-order valence-electron chi connectivity index (χ2n) is 16.9. The lowest BCUT2D eigenvalue weighted by Gasteiger charge is -2.46. The fourth-order valence-corrected chi connectivity index (χ4v) is 11.4. The van der Waals surface area contributed by atoms with Gasteiger partial charge in [-0.2, -0.15) is 0 Å². The molecule has 3 aliphatic heterocycles. The van der Waals surface area contributed by atoms with Crippen LogP contribution in [0.15, 0.2) is 57.3 Å². The summed E-state index contributed by atoms with van der Waals surface area (Å²) < 4.78 is 62.9. The maximum atomic E-state index is 15.5. The van der Waals surface area contributed by atoms with Crippen molar-refractivity contribution in [2.75, 3.05) is 76.7 Å². The fourth-order valence-electron chi connectivity index (χ4n) is 9.37. The molecule has 3 aliphatic rings. The van der Waals surface area contributed by atoms with Crippen LogP contribution in [0.5, 0.6) is 5.75 Å². The fraction of sp³-hybridized carbons (Fsp3) is 0.674. The maximum absolute atomic E-state index is 15.5. The van der Waals surface area contributed by atoms with Crippen molar-refractivity contribution in [3.8, 4) is 5.75 Å². The summed E-state index contributed by atoms with van der Waals surface area (Å²) in [6.45, 7) is 14.3. The number of fused-ring (bicyclic) bond motifs is 1. The van der Waals surface area contributed by atoms with Crippen LogP contribution in [-0.2, 0) is 21.0 Å². The molecule has 1 aromatic heterocycles. The summed E-state index contributed by atoms with van der Waals surface area (Å²) in [5, 5.41) is 0.652. The molecule has 0 unspecified atom stereocenters. The number of unbranched alkanes of at least 4 members (excludes halogenated alkanes) is 11. The third-order valence-corrected chi connectivity index (χ3v) is 15.7. The van der Waals surface area contributed by atoms with Crippen LogP contribution in [0, 0.1) is 5.82 Å². The van der Waals surface area contributed by atoms with Gasteiger partial charge in [0.2, 0.25) is 9.84 Å². The van der Waals surface area contributed by atoms with E-state index in [-0.39, 0.29) is 15.5 Å². The van der Waals surface area contributed by atoms with Crippen molar-refractivity contribution in [3.05, 3.63) is 48.4 Å². The summed E-state index contributed by atoms with van der Waals surface area (Å²) in [6.07, 6.45) is 22.1. The Hall–Kier alpha value is -2.48. The number of sulfone groups is 1. The topological polar surface area (TPSA) is 92.3 Å². The van der Waals surface area contributed by atoms with Crippen LogP contribution >= 0.6 is 0 Å². The van der Waals surface area contributed by atoms with Gasteiger partial charge in [0.05, 0.1) is 22.7 Å². The number of hydrogen-bond acceptors (Lipinski definition) is 9. The molecule has 0 N–H and O–H groups in total. The van der Waals surface area contributed by atoms with Gasteiger partial charge in [-0.15, -0.1) is 0 Å². The lowest BCUT2D eigenvalue weighted by molar-refractivity contribution is 0.0449. The van der Waals surface area contributed by atoms with Crippen molar-refractivity contribution in [2.45, 2.75) is 143 Å². The van der Waals surface area contributed by atoms with Gasteiger partial charge in [-0.25, -0.2) is 12.8 Å². The lowest BCUT2D eigenvalue weighted by atomic mass is 9.96. The minimum atomic E-state index is -4.18. The molecule has 0 spiro atoms. The number of ether oxygens (including phenoxy) is 1. The smallest absolute Gasteiger partial charge is 0.210 e. The van der Waals surface area contributed by atoms with E-state index in [1.807, 2.05) is 12.1 Å². The SMILES string of the molecule is CCCCCCCCCCCCCCOc1ccc(S(=O)(=O)c2cnc3ccc([S@@+](C)[O-])cc3c2N2CCC(N3CCC(N4CCN(CC)CC4)CC3)CC2)cc1F. The van der Waals surface area contributed by atoms with E-state index in [0.29, 0.717) is 53.3 Å². The van der Waals surface area contributed by atoms with Gasteiger partial charge in [-0.1, -0.05) is 84.5 Å². The van der Waals surface area contributed by atoms with Crippen LogP contribution in [-0.4, -0.2) is 117 Å². The molecule has 6 rings (SSSR count). The Morgan fingerprint density at radius 1 is 0.759 bits per heavy atom. The molecule has 2 aromatic carbocycles. The average molecular weight is 840 g/mol. The molecule has 0 amide bonds. The zero-order valence-electron chi connectivity index (χ0n) is 35.6. The monoisotopic (exact) mass is 839 g/mol. The third-order valence-electron chi connectivity index (χ3n) is 13.0. The summed E-state index contributed by atoms with van der Waals surface area (Å²) in [5.74, 6) is -0.620. The van der Waals surface area contributed by atoms with Gasteiger partial charge < -0.3 is 24.0 Å². The molecule has 0 bridgehead atoms. The number of nitrogens with zero attached hydrogens (tertiary/aromatic N) is 5. The minimum Gasteiger partial charge on any atom is -0.612 e. The molecule has 3 saturated heterocycles. The van der Waals surface area contributed by atoms with Gasteiger partial charge in [0.25, 0.3) is 0 Å². The second-order valence-corrected chi connectivity index (χ2v) is 20.2. The highest BCUT2D eigenvalue weighted by Gasteiger charge is 2.34. The molecule has 12 heteroatoms. The highest BCUT2D eigenvalue weighted by Crippen LogP contribution is 2.39. The van der Waals surface area contributed by atoms with Crippen LogP contribution in [0.3, 0.4) is 0 Å². The van der Waals surface area contributed by atoms with Crippen molar-refractivity contribution in [1.29, 1.82) is 0 Å².